The fourth-order valence-corrected chi connectivity index (χ4v) is 3.19. The lowest BCUT2D eigenvalue weighted by Crippen LogP contribution is -2.40. The van der Waals surface area contributed by atoms with Crippen LogP contribution in [0.2, 0.25) is 0 Å². The maximum Gasteiger partial charge on any atom is 0.109 e. The first kappa shape index (κ1) is 13.9. The van der Waals surface area contributed by atoms with Gasteiger partial charge in [0.1, 0.15) is 5.01 Å². The number of nitrogens with one attached hydrogen (secondary N) is 2. The molecule has 5 heteroatoms. The summed E-state index contributed by atoms with van der Waals surface area (Å²) in [6.45, 7) is 8.05. The molecule has 2 heterocycles. The number of likely N-dealkylation sites (N-methyl/N-ethyl adjacent to an activating group) is 1. The monoisotopic (exact) mass is 269 g/mol. The third-order valence-electron chi connectivity index (χ3n) is 3.45. The molecule has 1 aromatic heterocycles. The van der Waals surface area contributed by atoms with Crippen molar-refractivity contribution in [3.63, 3.8) is 0 Å². The van der Waals surface area contributed by atoms with Crippen molar-refractivity contribution in [2.75, 3.05) is 26.3 Å². The first-order valence-corrected chi connectivity index (χ1v) is 7.67. The lowest BCUT2D eigenvalue weighted by Gasteiger charge is -2.21. The standard InChI is InChI=1S/C13H23N3OS/c1-3-11(13-15-5-6-18-13)16-7-10-8-17-9-12(10)14-4-2/h5-6,10-12,14,16H,3-4,7-9H2,1-2H3. The van der Waals surface area contributed by atoms with Gasteiger partial charge in [-0.1, -0.05) is 13.8 Å². The Labute approximate surface area is 113 Å². The summed E-state index contributed by atoms with van der Waals surface area (Å²) >= 11 is 1.73. The first-order chi connectivity index (χ1) is 8.85. The molecule has 0 amide bonds. The van der Waals surface area contributed by atoms with Crippen molar-refractivity contribution in [2.45, 2.75) is 32.4 Å². The number of hydrogen-bond acceptors (Lipinski definition) is 5. The number of nitrogens with zero attached hydrogens (tertiary/aromatic N) is 1. The van der Waals surface area contributed by atoms with E-state index in [4.69, 9.17) is 4.74 Å². The van der Waals surface area contributed by atoms with Gasteiger partial charge >= 0.3 is 0 Å². The molecule has 0 aromatic carbocycles. The van der Waals surface area contributed by atoms with Crippen molar-refractivity contribution in [3.8, 4) is 0 Å². The topological polar surface area (TPSA) is 46.2 Å². The number of hydrogen-bond donors (Lipinski definition) is 2. The zero-order chi connectivity index (χ0) is 12.8. The minimum absolute atomic E-state index is 0.382. The van der Waals surface area contributed by atoms with E-state index in [9.17, 15) is 0 Å². The van der Waals surface area contributed by atoms with Crippen LogP contribution in [0.5, 0.6) is 0 Å². The third-order valence-corrected chi connectivity index (χ3v) is 4.34. The van der Waals surface area contributed by atoms with Gasteiger partial charge in [0.15, 0.2) is 0 Å². The molecule has 1 fully saturated rings. The largest absolute Gasteiger partial charge is 0.379 e. The van der Waals surface area contributed by atoms with Crippen LogP contribution in [0.4, 0.5) is 0 Å². The number of rotatable bonds is 7. The van der Waals surface area contributed by atoms with Crippen molar-refractivity contribution in [2.24, 2.45) is 5.92 Å². The first-order valence-electron chi connectivity index (χ1n) is 6.79. The summed E-state index contributed by atoms with van der Waals surface area (Å²) in [6, 6.07) is 0.879. The van der Waals surface area contributed by atoms with Gasteiger partial charge < -0.3 is 15.4 Å². The molecule has 1 aliphatic heterocycles. The van der Waals surface area contributed by atoms with Gasteiger partial charge in [-0.3, -0.25) is 0 Å². The molecule has 0 aliphatic carbocycles. The molecule has 0 bridgehead atoms. The molecular formula is C13H23N3OS. The van der Waals surface area contributed by atoms with Crippen LogP contribution >= 0.6 is 11.3 Å². The molecule has 1 aliphatic rings. The fourth-order valence-electron chi connectivity index (χ4n) is 2.39. The highest BCUT2D eigenvalue weighted by Crippen LogP contribution is 2.20. The quantitative estimate of drug-likeness (QED) is 0.792. The van der Waals surface area contributed by atoms with Crippen molar-refractivity contribution < 1.29 is 4.74 Å². The van der Waals surface area contributed by atoms with E-state index in [1.807, 2.05) is 11.6 Å². The summed E-state index contributed by atoms with van der Waals surface area (Å²) in [6.07, 6.45) is 2.96. The maximum absolute atomic E-state index is 5.56. The van der Waals surface area contributed by atoms with Crippen molar-refractivity contribution in [1.29, 1.82) is 0 Å². The van der Waals surface area contributed by atoms with E-state index in [2.05, 4.69) is 29.5 Å². The Hall–Kier alpha value is -0.490. The summed E-state index contributed by atoms with van der Waals surface area (Å²) in [5.41, 5.74) is 0. The Morgan fingerprint density at radius 2 is 2.39 bits per heavy atom. The molecule has 102 valence electrons. The van der Waals surface area contributed by atoms with Gasteiger partial charge in [-0.05, 0) is 13.0 Å². The van der Waals surface area contributed by atoms with Crippen molar-refractivity contribution >= 4 is 11.3 Å². The van der Waals surface area contributed by atoms with Gasteiger partial charge in [0.05, 0.1) is 19.3 Å². The molecule has 1 saturated heterocycles. The number of thiazole rings is 1. The van der Waals surface area contributed by atoms with Gasteiger partial charge in [0, 0.05) is 30.1 Å². The van der Waals surface area contributed by atoms with E-state index >= 15 is 0 Å². The smallest absolute Gasteiger partial charge is 0.109 e. The maximum atomic E-state index is 5.56. The summed E-state index contributed by atoms with van der Waals surface area (Å²) in [4.78, 5) is 4.40. The zero-order valence-electron chi connectivity index (χ0n) is 11.2. The SMILES string of the molecule is CCNC1COCC1CNC(CC)c1nccs1. The van der Waals surface area contributed by atoms with Crippen LogP contribution in [0.25, 0.3) is 0 Å². The molecule has 0 radical (unpaired) electrons. The average Bonchev–Trinajstić information content (AvgIpc) is 3.03. The van der Waals surface area contributed by atoms with E-state index in [0.717, 1.165) is 32.7 Å². The van der Waals surface area contributed by atoms with Crippen molar-refractivity contribution in [1.82, 2.24) is 15.6 Å². The summed E-state index contributed by atoms with van der Waals surface area (Å²) < 4.78 is 5.56. The normalized spacial score (nSPS) is 25.4. The Morgan fingerprint density at radius 3 is 3.06 bits per heavy atom. The Kier molecular flexibility index (Phi) is 5.56. The molecular weight excluding hydrogens is 246 g/mol. The lowest BCUT2D eigenvalue weighted by atomic mass is 10.0. The van der Waals surface area contributed by atoms with Crippen LogP contribution in [0, 0.1) is 5.92 Å². The van der Waals surface area contributed by atoms with Crippen LogP contribution in [0.3, 0.4) is 0 Å². The van der Waals surface area contributed by atoms with Gasteiger partial charge in [-0.25, -0.2) is 4.98 Å². The number of aromatic nitrogens is 1. The molecule has 0 spiro atoms. The number of ether oxygens (including phenoxy) is 1. The second-order valence-electron chi connectivity index (χ2n) is 4.70. The molecule has 1 aromatic rings. The highest BCUT2D eigenvalue weighted by molar-refractivity contribution is 7.09. The van der Waals surface area contributed by atoms with E-state index < -0.39 is 0 Å². The molecule has 3 atom stereocenters. The highest BCUT2D eigenvalue weighted by Gasteiger charge is 2.27. The molecule has 2 rings (SSSR count). The minimum Gasteiger partial charge on any atom is -0.379 e. The summed E-state index contributed by atoms with van der Waals surface area (Å²) in [7, 11) is 0. The molecule has 3 unspecified atom stereocenters. The Morgan fingerprint density at radius 1 is 1.50 bits per heavy atom. The summed E-state index contributed by atoms with van der Waals surface area (Å²) in [5.74, 6) is 0.568. The predicted octanol–water partition coefficient (Wildman–Crippen LogP) is 1.81. The van der Waals surface area contributed by atoms with Crippen LogP contribution in [-0.2, 0) is 4.74 Å². The average molecular weight is 269 g/mol. The van der Waals surface area contributed by atoms with Gasteiger partial charge in [-0.2, -0.15) is 0 Å². The second kappa shape index (κ2) is 7.19. The third kappa shape index (κ3) is 3.51. The Bertz CT molecular complexity index is 331. The van der Waals surface area contributed by atoms with Crippen molar-refractivity contribution in [3.05, 3.63) is 16.6 Å². The fraction of sp³-hybridized carbons (Fsp3) is 0.769. The van der Waals surface area contributed by atoms with Gasteiger partial charge in [0.2, 0.25) is 0 Å². The summed E-state index contributed by atoms with van der Waals surface area (Å²) in [5, 5.41) is 10.4. The molecule has 4 nitrogen and oxygen atoms in total. The van der Waals surface area contributed by atoms with Crippen LogP contribution in [0.15, 0.2) is 11.6 Å². The van der Waals surface area contributed by atoms with Gasteiger partial charge in [-0.15, -0.1) is 11.3 Å². The van der Waals surface area contributed by atoms with E-state index in [0.29, 0.717) is 18.0 Å². The van der Waals surface area contributed by atoms with Crippen LogP contribution in [-0.4, -0.2) is 37.3 Å². The van der Waals surface area contributed by atoms with E-state index in [1.165, 1.54) is 5.01 Å². The van der Waals surface area contributed by atoms with E-state index in [1.54, 1.807) is 11.3 Å². The van der Waals surface area contributed by atoms with Gasteiger partial charge in [0.25, 0.3) is 0 Å². The Balaban J connectivity index is 1.82. The predicted molar refractivity (Wildman–Crippen MR) is 74.9 cm³/mol. The molecule has 2 N–H and O–H groups in total. The van der Waals surface area contributed by atoms with E-state index in [-0.39, 0.29) is 0 Å². The van der Waals surface area contributed by atoms with Crippen LogP contribution < -0.4 is 10.6 Å². The minimum atomic E-state index is 0.382. The molecule has 18 heavy (non-hydrogen) atoms. The molecule has 0 saturated carbocycles. The second-order valence-corrected chi connectivity index (χ2v) is 5.63. The highest BCUT2D eigenvalue weighted by atomic mass is 32.1. The van der Waals surface area contributed by atoms with Crippen LogP contribution in [0.1, 0.15) is 31.3 Å². The zero-order valence-corrected chi connectivity index (χ0v) is 12.0. The lowest BCUT2D eigenvalue weighted by molar-refractivity contribution is 0.181.